The highest BCUT2D eigenvalue weighted by Crippen LogP contribution is 2.59. The van der Waals surface area contributed by atoms with E-state index in [1.54, 1.807) is 7.11 Å². The maximum Gasteiger partial charge on any atom is 0.344 e. The van der Waals surface area contributed by atoms with Crippen molar-refractivity contribution in [2.24, 2.45) is 29.6 Å². The summed E-state index contributed by atoms with van der Waals surface area (Å²) in [7, 11) is -0.324. The van der Waals surface area contributed by atoms with Crippen LogP contribution in [-0.2, 0) is 28.6 Å². The Hall–Kier alpha value is -3.91. The number of hydrogen-bond donors (Lipinski definition) is 0. The van der Waals surface area contributed by atoms with E-state index in [1.165, 1.54) is 27.9 Å². The van der Waals surface area contributed by atoms with E-state index in [2.05, 4.69) is 61.5 Å². The maximum atomic E-state index is 14.0. The van der Waals surface area contributed by atoms with Gasteiger partial charge in [-0.1, -0.05) is 65.9 Å². The topological polar surface area (TPSA) is 88.1 Å². The van der Waals surface area contributed by atoms with Gasteiger partial charge in [0, 0.05) is 5.56 Å². The summed E-state index contributed by atoms with van der Waals surface area (Å²) in [6.07, 6.45) is 6.13. The van der Waals surface area contributed by atoms with Gasteiger partial charge in [-0.25, -0.2) is 4.79 Å². The molecule has 7 nitrogen and oxygen atoms in total. The molecule has 3 aromatic carbocycles. The molecule has 8 heteroatoms. The van der Waals surface area contributed by atoms with Crippen LogP contribution in [-0.4, -0.2) is 52.6 Å². The van der Waals surface area contributed by atoms with Gasteiger partial charge in [0.15, 0.2) is 6.61 Å². The van der Waals surface area contributed by atoms with Crippen molar-refractivity contribution in [3.05, 3.63) is 72.3 Å². The van der Waals surface area contributed by atoms with Crippen molar-refractivity contribution in [2.45, 2.75) is 57.0 Å². The number of methoxy groups -OCH3 is 1. The zero-order valence-electron chi connectivity index (χ0n) is 26.4. The highest BCUT2D eigenvalue weighted by molar-refractivity contribution is 6.99. The number of ether oxygens (including phenoxy) is 4. The largest absolute Gasteiger partial charge is 0.496 e. The molecule has 9 rings (SSSR count). The van der Waals surface area contributed by atoms with Crippen LogP contribution in [0.1, 0.15) is 56.9 Å². The number of esters is 3. The third kappa shape index (κ3) is 4.79. The van der Waals surface area contributed by atoms with E-state index < -0.39 is 50.7 Å². The van der Waals surface area contributed by atoms with Crippen molar-refractivity contribution in [3.63, 3.8) is 0 Å². The van der Waals surface area contributed by atoms with Gasteiger partial charge in [0.25, 0.3) is 0 Å². The number of carbonyl (C=O) groups excluding carboxylic acids is 3. The van der Waals surface area contributed by atoms with Gasteiger partial charge in [-0.2, -0.15) is 0 Å². The average molecular weight is 637 g/mol. The van der Waals surface area contributed by atoms with Gasteiger partial charge in [0.2, 0.25) is 0 Å². The van der Waals surface area contributed by atoms with Crippen molar-refractivity contribution >= 4 is 42.3 Å². The average Bonchev–Trinajstić information content (AvgIpc) is 3.63. The van der Waals surface area contributed by atoms with Gasteiger partial charge in [-0.05, 0) is 96.7 Å². The molecule has 6 aliphatic rings. The van der Waals surface area contributed by atoms with Gasteiger partial charge in [-0.3, -0.25) is 9.59 Å². The Kier molecular flexibility index (Phi) is 7.31. The van der Waals surface area contributed by atoms with Gasteiger partial charge in [0.1, 0.15) is 20.1 Å². The number of carbonyl (C=O) groups is 3. The van der Waals surface area contributed by atoms with Gasteiger partial charge in [0.05, 0.1) is 25.6 Å². The zero-order chi connectivity index (χ0) is 31.6. The summed E-state index contributed by atoms with van der Waals surface area (Å²) in [5.74, 6) is -0.580. The molecule has 2 atom stereocenters. The summed E-state index contributed by atoms with van der Waals surface area (Å²) < 4.78 is 23.0. The van der Waals surface area contributed by atoms with E-state index >= 15 is 0 Å². The van der Waals surface area contributed by atoms with E-state index in [-0.39, 0.29) is 6.61 Å². The molecule has 0 spiro atoms. The Labute approximate surface area is 271 Å². The molecule has 3 aromatic rings. The van der Waals surface area contributed by atoms with Crippen molar-refractivity contribution < 1.29 is 33.3 Å². The molecule has 0 aromatic heterocycles. The second-order valence-corrected chi connectivity index (χ2v) is 17.0. The highest BCUT2D eigenvalue weighted by Gasteiger charge is 2.57. The summed E-state index contributed by atoms with van der Waals surface area (Å²) in [5.41, 5.74) is 2.56. The molecular weight excluding hydrogens is 596 g/mol. The van der Waals surface area contributed by atoms with Crippen molar-refractivity contribution in [3.8, 4) is 16.9 Å². The number of cyclic esters (lactones) is 1. The molecule has 0 radical (unpaired) electrons. The van der Waals surface area contributed by atoms with E-state index in [0.29, 0.717) is 29.6 Å². The fraction of sp³-hybridized carbons (Fsp3) is 0.447. The number of hydrogen-bond acceptors (Lipinski definition) is 7. The Morgan fingerprint density at radius 3 is 2.13 bits per heavy atom. The van der Waals surface area contributed by atoms with Crippen LogP contribution in [0.25, 0.3) is 11.1 Å². The van der Waals surface area contributed by atoms with Gasteiger partial charge in [-0.15, -0.1) is 0 Å². The van der Waals surface area contributed by atoms with Gasteiger partial charge >= 0.3 is 17.9 Å². The number of rotatable bonds is 8. The number of benzene rings is 3. The Morgan fingerprint density at radius 2 is 1.54 bits per heavy atom. The molecule has 2 aliphatic heterocycles. The minimum absolute atomic E-state index is 0.235. The lowest BCUT2D eigenvalue weighted by molar-refractivity contribution is -0.207. The van der Waals surface area contributed by atoms with Crippen LogP contribution >= 0.6 is 0 Å². The fourth-order valence-electron chi connectivity index (χ4n) is 9.79. The fourth-order valence-corrected chi connectivity index (χ4v) is 13.2. The first-order chi connectivity index (χ1) is 22.3. The van der Waals surface area contributed by atoms with Crippen LogP contribution < -0.4 is 20.3 Å². The highest BCUT2D eigenvalue weighted by atomic mass is 28.3. The molecule has 2 unspecified atom stereocenters. The minimum atomic E-state index is -1.89. The Bertz CT molecular complexity index is 1640. The molecule has 46 heavy (non-hydrogen) atoms. The maximum absolute atomic E-state index is 14.0. The molecule has 0 N–H and O–H groups in total. The monoisotopic (exact) mass is 636 g/mol. The standard InChI is InChI=1S/C38H40O7Si/c1-38(24-16-22-15-23(18-24)19-25(38)17-22)45-34(39)21-44-37(41)35(29-13-14-43-36(29)40)30-20-26(11-12-31(30)42-2)46-32-9-5-3-7-27(32)28-8-4-6-10-33(28)46/h3-12,20,22-25,29,35,46H,13-19,21H2,1-2H3. The summed E-state index contributed by atoms with van der Waals surface area (Å²) >= 11 is 0. The third-order valence-electron chi connectivity index (χ3n) is 11.8. The normalized spacial score (nSPS) is 29.5. The molecule has 5 fully saturated rings. The van der Waals surface area contributed by atoms with Crippen molar-refractivity contribution in [2.75, 3.05) is 20.3 Å². The first kappa shape index (κ1) is 29.5. The van der Waals surface area contributed by atoms with Crippen LogP contribution in [0.5, 0.6) is 5.75 Å². The predicted octanol–water partition coefficient (Wildman–Crippen LogP) is 3.87. The molecule has 0 amide bonds. The molecule has 4 bridgehead atoms. The summed E-state index contributed by atoms with van der Waals surface area (Å²) in [6.45, 7) is 1.83. The lowest BCUT2D eigenvalue weighted by atomic mass is 9.50. The summed E-state index contributed by atoms with van der Waals surface area (Å²) in [5, 5.41) is 3.76. The van der Waals surface area contributed by atoms with Crippen molar-refractivity contribution in [1.82, 2.24) is 0 Å². The first-order valence-corrected chi connectivity index (χ1v) is 18.5. The molecule has 2 heterocycles. The van der Waals surface area contributed by atoms with Gasteiger partial charge < -0.3 is 18.9 Å². The second-order valence-electron chi connectivity index (χ2n) is 14.2. The van der Waals surface area contributed by atoms with E-state index in [0.717, 1.165) is 42.7 Å². The van der Waals surface area contributed by atoms with E-state index in [9.17, 15) is 14.4 Å². The smallest absolute Gasteiger partial charge is 0.344 e. The van der Waals surface area contributed by atoms with Crippen LogP contribution in [0.2, 0.25) is 0 Å². The lowest BCUT2D eigenvalue weighted by Gasteiger charge is -2.59. The quantitative estimate of drug-likeness (QED) is 0.165. The lowest BCUT2D eigenvalue weighted by Crippen LogP contribution is -2.58. The van der Waals surface area contributed by atoms with E-state index in [1.807, 2.05) is 12.1 Å². The zero-order valence-corrected chi connectivity index (χ0v) is 27.6. The Morgan fingerprint density at radius 1 is 0.913 bits per heavy atom. The molecular formula is C38H40O7Si. The van der Waals surface area contributed by atoms with Crippen LogP contribution in [0, 0.1) is 29.6 Å². The molecule has 4 saturated carbocycles. The summed E-state index contributed by atoms with van der Waals surface area (Å²) in [6, 6.07) is 23.0. The first-order valence-electron chi connectivity index (χ1n) is 16.7. The Balaban J connectivity index is 1.08. The van der Waals surface area contributed by atoms with E-state index in [4.69, 9.17) is 18.9 Å². The summed E-state index contributed by atoms with van der Waals surface area (Å²) in [4.78, 5) is 40.3. The second kappa shape index (κ2) is 11.4. The predicted molar refractivity (Wildman–Crippen MR) is 175 cm³/mol. The van der Waals surface area contributed by atoms with Crippen LogP contribution in [0.15, 0.2) is 66.7 Å². The third-order valence-corrected chi connectivity index (χ3v) is 15.1. The van der Waals surface area contributed by atoms with Crippen LogP contribution in [0.3, 0.4) is 0 Å². The molecule has 1 saturated heterocycles. The SMILES string of the molecule is COc1ccc([SiH]2c3ccccc3-c3ccccc32)cc1C(C(=O)OCC(=O)OC1(C)C2CC3CC(C2)CC1C3)C1CCOC1=O. The minimum Gasteiger partial charge on any atom is -0.496 e. The van der Waals surface area contributed by atoms with Crippen molar-refractivity contribution in [1.29, 1.82) is 0 Å². The van der Waals surface area contributed by atoms with Crippen LogP contribution in [0.4, 0.5) is 0 Å². The number of fused-ring (bicyclic) bond motifs is 3. The molecule has 238 valence electrons. The molecule has 4 aliphatic carbocycles.